The van der Waals surface area contributed by atoms with Crippen molar-refractivity contribution in [3.05, 3.63) is 52.0 Å². The molecule has 20 heavy (non-hydrogen) atoms. The SMILES string of the molecule is COc1ccc(F)c(NC(=O)c2cc(Cl)nc(Cl)c2)c1. The number of amides is 1. The van der Waals surface area contributed by atoms with E-state index in [4.69, 9.17) is 27.9 Å². The van der Waals surface area contributed by atoms with Crippen LogP contribution < -0.4 is 10.1 Å². The van der Waals surface area contributed by atoms with Crippen molar-refractivity contribution in [3.8, 4) is 5.75 Å². The first-order valence-electron chi connectivity index (χ1n) is 5.47. The van der Waals surface area contributed by atoms with E-state index in [9.17, 15) is 9.18 Å². The van der Waals surface area contributed by atoms with Gasteiger partial charge in [-0.1, -0.05) is 23.2 Å². The highest BCUT2D eigenvalue weighted by molar-refractivity contribution is 6.33. The monoisotopic (exact) mass is 314 g/mol. The van der Waals surface area contributed by atoms with Crippen LogP contribution in [0.15, 0.2) is 30.3 Å². The number of hydrogen-bond donors (Lipinski definition) is 1. The van der Waals surface area contributed by atoms with Gasteiger partial charge in [0.15, 0.2) is 0 Å². The summed E-state index contributed by atoms with van der Waals surface area (Å²) >= 11 is 11.4. The third-order valence-corrected chi connectivity index (χ3v) is 2.83. The number of nitrogens with zero attached hydrogens (tertiary/aromatic N) is 1. The largest absolute Gasteiger partial charge is 0.497 e. The molecule has 0 saturated carbocycles. The molecule has 1 aromatic carbocycles. The lowest BCUT2D eigenvalue weighted by atomic mass is 10.2. The Hall–Kier alpha value is -1.85. The van der Waals surface area contributed by atoms with Crippen molar-refractivity contribution in [2.75, 3.05) is 12.4 Å². The minimum absolute atomic E-state index is 0.00147. The van der Waals surface area contributed by atoms with E-state index in [0.717, 1.165) is 0 Å². The number of hydrogen-bond acceptors (Lipinski definition) is 3. The lowest BCUT2D eigenvalue weighted by molar-refractivity contribution is 0.102. The molecule has 7 heteroatoms. The highest BCUT2D eigenvalue weighted by Gasteiger charge is 2.12. The molecule has 0 unspecified atom stereocenters. The smallest absolute Gasteiger partial charge is 0.255 e. The summed E-state index contributed by atoms with van der Waals surface area (Å²) in [6, 6.07) is 6.69. The standard InChI is InChI=1S/C13H9Cl2FN2O2/c1-20-8-2-3-9(16)10(6-8)17-13(19)7-4-11(14)18-12(15)5-7/h2-6H,1H3,(H,17,19). The summed E-state index contributed by atoms with van der Waals surface area (Å²) in [6.45, 7) is 0. The maximum absolute atomic E-state index is 13.6. The second-order valence-corrected chi connectivity index (χ2v) is 4.58. The number of halogens is 3. The van der Waals surface area contributed by atoms with Crippen molar-refractivity contribution in [2.45, 2.75) is 0 Å². The summed E-state index contributed by atoms with van der Waals surface area (Å²) in [5, 5.41) is 2.57. The molecule has 1 amide bonds. The van der Waals surface area contributed by atoms with Crippen molar-refractivity contribution >= 4 is 34.8 Å². The van der Waals surface area contributed by atoms with E-state index in [1.807, 2.05) is 0 Å². The first-order valence-corrected chi connectivity index (χ1v) is 6.23. The Morgan fingerprint density at radius 1 is 1.25 bits per heavy atom. The number of ether oxygens (including phenoxy) is 1. The van der Waals surface area contributed by atoms with Crippen LogP contribution in [-0.4, -0.2) is 18.0 Å². The second kappa shape index (κ2) is 6.07. The van der Waals surface area contributed by atoms with Crippen molar-refractivity contribution in [3.63, 3.8) is 0 Å². The summed E-state index contributed by atoms with van der Waals surface area (Å²) in [4.78, 5) is 15.7. The summed E-state index contributed by atoms with van der Waals surface area (Å²) in [6.07, 6.45) is 0. The van der Waals surface area contributed by atoms with Crippen LogP contribution in [0.1, 0.15) is 10.4 Å². The zero-order valence-electron chi connectivity index (χ0n) is 10.3. The van der Waals surface area contributed by atoms with Crippen LogP contribution in [0.4, 0.5) is 10.1 Å². The average molecular weight is 315 g/mol. The Kier molecular flexibility index (Phi) is 4.42. The molecule has 0 atom stereocenters. The maximum Gasteiger partial charge on any atom is 0.255 e. The van der Waals surface area contributed by atoms with Gasteiger partial charge < -0.3 is 10.1 Å². The van der Waals surface area contributed by atoms with Crippen molar-refractivity contribution in [2.24, 2.45) is 0 Å². The second-order valence-electron chi connectivity index (χ2n) is 3.80. The maximum atomic E-state index is 13.6. The van der Waals surface area contributed by atoms with Gasteiger partial charge in [0.1, 0.15) is 21.9 Å². The van der Waals surface area contributed by atoms with Gasteiger partial charge in [-0.25, -0.2) is 9.37 Å². The highest BCUT2D eigenvalue weighted by atomic mass is 35.5. The predicted molar refractivity (Wildman–Crippen MR) is 75.2 cm³/mol. The van der Waals surface area contributed by atoms with Gasteiger partial charge in [-0.2, -0.15) is 0 Å². The molecule has 0 aliphatic rings. The van der Waals surface area contributed by atoms with E-state index >= 15 is 0 Å². The summed E-state index contributed by atoms with van der Waals surface area (Å²) in [5.74, 6) is -0.707. The van der Waals surface area contributed by atoms with Gasteiger partial charge in [-0.05, 0) is 24.3 Å². The zero-order valence-corrected chi connectivity index (χ0v) is 11.8. The summed E-state index contributed by atoms with van der Waals surface area (Å²) in [5.41, 5.74) is 0.177. The van der Waals surface area contributed by atoms with Crippen LogP contribution in [0.2, 0.25) is 10.3 Å². The molecule has 2 aromatic rings. The Bertz CT molecular complexity index is 645. The lowest BCUT2D eigenvalue weighted by Gasteiger charge is -2.08. The number of methoxy groups -OCH3 is 1. The fourth-order valence-corrected chi connectivity index (χ4v) is 1.98. The third-order valence-electron chi connectivity index (χ3n) is 2.45. The lowest BCUT2D eigenvalue weighted by Crippen LogP contribution is -2.13. The van der Waals surface area contributed by atoms with Crippen molar-refractivity contribution in [1.29, 1.82) is 0 Å². The van der Waals surface area contributed by atoms with E-state index in [2.05, 4.69) is 10.3 Å². The first-order chi connectivity index (χ1) is 9.49. The number of carbonyl (C=O) groups excluding carboxylic acids is 1. The van der Waals surface area contributed by atoms with E-state index in [0.29, 0.717) is 5.75 Å². The molecule has 1 N–H and O–H groups in total. The van der Waals surface area contributed by atoms with Crippen LogP contribution in [0.5, 0.6) is 5.75 Å². The topological polar surface area (TPSA) is 51.2 Å². The van der Waals surface area contributed by atoms with E-state index in [1.54, 1.807) is 0 Å². The van der Waals surface area contributed by atoms with E-state index in [-0.39, 0.29) is 21.6 Å². The minimum Gasteiger partial charge on any atom is -0.497 e. The van der Waals surface area contributed by atoms with Crippen LogP contribution in [0.25, 0.3) is 0 Å². The summed E-state index contributed by atoms with van der Waals surface area (Å²) in [7, 11) is 1.45. The number of nitrogens with one attached hydrogen (secondary N) is 1. The Balaban J connectivity index is 2.27. The number of carbonyl (C=O) groups is 1. The van der Waals surface area contributed by atoms with Crippen LogP contribution in [0, 0.1) is 5.82 Å². The Morgan fingerprint density at radius 3 is 2.50 bits per heavy atom. The average Bonchev–Trinajstić information content (AvgIpc) is 2.40. The molecule has 2 rings (SSSR count). The molecule has 104 valence electrons. The van der Waals surface area contributed by atoms with Gasteiger partial charge in [-0.15, -0.1) is 0 Å². The fraction of sp³-hybridized carbons (Fsp3) is 0.0769. The molecule has 0 aliphatic heterocycles. The Labute approximate surface area is 124 Å². The number of anilines is 1. The van der Waals surface area contributed by atoms with Crippen molar-refractivity contribution < 1.29 is 13.9 Å². The van der Waals surface area contributed by atoms with E-state index in [1.165, 1.54) is 37.4 Å². The number of rotatable bonds is 3. The van der Waals surface area contributed by atoms with Gasteiger partial charge in [0.25, 0.3) is 5.91 Å². The third kappa shape index (κ3) is 3.37. The van der Waals surface area contributed by atoms with Gasteiger partial charge in [-0.3, -0.25) is 4.79 Å². The molecule has 1 heterocycles. The zero-order chi connectivity index (χ0) is 14.7. The molecule has 0 saturated heterocycles. The molecule has 0 radical (unpaired) electrons. The highest BCUT2D eigenvalue weighted by Crippen LogP contribution is 2.22. The number of pyridine rings is 1. The minimum atomic E-state index is -0.578. The fourth-order valence-electron chi connectivity index (χ4n) is 1.52. The molecule has 0 spiro atoms. The molecular formula is C13H9Cl2FN2O2. The normalized spacial score (nSPS) is 10.2. The molecule has 1 aromatic heterocycles. The molecule has 0 fully saturated rings. The van der Waals surface area contributed by atoms with Crippen LogP contribution >= 0.6 is 23.2 Å². The van der Waals surface area contributed by atoms with Gasteiger partial charge in [0.05, 0.1) is 12.8 Å². The number of benzene rings is 1. The van der Waals surface area contributed by atoms with Crippen LogP contribution in [-0.2, 0) is 0 Å². The number of aromatic nitrogens is 1. The quantitative estimate of drug-likeness (QED) is 0.877. The van der Waals surface area contributed by atoms with Crippen LogP contribution in [0.3, 0.4) is 0 Å². The molecule has 0 aliphatic carbocycles. The molecular weight excluding hydrogens is 306 g/mol. The predicted octanol–water partition coefficient (Wildman–Crippen LogP) is 3.79. The summed E-state index contributed by atoms with van der Waals surface area (Å²) < 4.78 is 18.6. The van der Waals surface area contributed by atoms with Gasteiger partial charge >= 0.3 is 0 Å². The van der Waals surface area contributed by atoms with Gasteiger partial charge in [0, 0.05) is 11.6 Å². The molecule has 4 nitrogen and oxygen atoms in total. The van der Waals surface area contributed by atoms with Crippen molar-refractivity contribution in [1.82, 2.24) is 4.98 Å². The first kappa shape index (κ1) is 14.6. The van der Waals surface area contributed by atoms with Gasteiger partial charge in [0.2, 0.25) is 0 Å². The Morgan fingerprint density at radius 2 is 1.90 bits per heavy atom. The van der Waals surface area contributed by atoms with E-state index < -0.39 is 11.7 Å². The molecule has 0 bridgehead atoms.